The molecule has 27 heavy (non-hydrogen) atoms. The van der Waals surface area contributed by atoms with E-state index in [1.165, 1.54) is 0 Å². The number of anilines is 2. The summed E-state index contributed by atoms with van der Waals surface area (Å²) in [4.78, 5) is 16.6. The fraction of sp³-hybridized carbons (Fsp3) is 0.333. The molecule has 4 aromatic rings. The van der Waals surface area contributed by atoms with Crippen LogP contribution in [0.3, 0.4) is 0 Å². The molecule has 4 aromatic heterocycles. The molecule has 0 saturated carbocycles. The van der Waals surface area contributed by atoms with E-state index >= 15 is 0 Å². The molecule has 0 aromatic carbocycles. The fourth-order valence-corrected chi connectivity index (χ4v) is 4.98. The van der Waals surface area contributed by atoms with Crippen molar-refractivity contribution < 1.29 is 0 Å². The molecular formula is C18H19N7S2. The summed E-state index contributed by atoms with van der Waals surface area (Å²) in [5.74, 6) is 0. The highest BCUT2D eigenvalue weighted by Gasteiger charge is 2.23. The Morgan fingerprint density at radius 3 is 2.81 bits per heavy atom. The quantitative estimate of drug-likeness (QED) is 0.566. The maximum absolute atomic E-state index is 4.74. The Labute approximate surface area is 164 Å². The zero-order valence-electron chi connectivity index (χ0n) is 14.9. The van der Waals surface area contributed by atoms with Crippen molar-refractivity contribution >= 4 is 37.9 Å². The Hall–Kier alpha value is -2.52. The lowest BCUT2D eigenvalue weighted by Crippen LogP contribution is -2.39. The fourth-order valence-electron chi connectivity index (χ4n) is 3.28. The molecule has 0 bridgehead atoms. The molecule has 5 rings (SSSR count). The minimum atomic E-state index is 0.480. The van der Waals surface area contributed by atoms with Crippen molar-refractivity contribution in [2.75, 3.05) is 23.3 Å². The molecule has 0 spiro atoms. The van der Waals surface area contributed by atoms with Gasteiger partial charge in [0.05, 0.1) is 17.6 Å². The van der Waals surface area contributed by atoms with Crippen LogP contribution in [0.25, 0.3) is 16.2 Å². The number of fused-ring (bicyclic) bond motifs is 1. The number of aromatic nitrogens is 5. The van der Waals surface area contributed by atoms with Gasteiger partial charge in [-0.05, 0) is 31.9 Å². The lowest BCUT2D eigenvalue weighted by Gasteiger charge is -2.31. The first-order chi connectivity index (χ1) is 13.2. The van der Waals surface area contributed by atoms with E-state index in [9.17, 15) is 0 Å². The zero-order chi connectivity index (χ0) is 18.2. The molecule has 0 amide bonds. The number of rotatable bonds is 4. The van der Waals surface area contributed by atoms with Crippen molar-refractivity contribution in [2.24, 2.45) is 0 Å². The van der Waals surface area contributed by atoms with Crippen LogP contribution in [0.15, 0.2) is 36.1 Å². The molecule has 0 unspecified atom stereocenters. The van der Waals surface area contributed by atoms with Crippen LogP contribution < -0.4 is 10.2 Å². The molecule has 1 N–H and O–H groups in total. The second-order valence-corrected chi connectivity index (χ2v) is 8.47. The highest BCUT2D eigenvalue weighted by molar-refractivity contribution is 7.20. The maximum atomic E-state index is 4.74. The average molecular weight is 398 g/mol. The molecule has 1 fully saturated rings. The SMILES string of the molecule is Cc1csc(NC2CCN(c3nn4cc(-c5cccnc5)nc4s3)CC2)n1. The normalized spacial score (nSPS) is 15.5. The first kappa shape index (κ1) is 16.6. The summed E-state index contributed by atoms with van der Waals surface area (Å²) in [5.41, 5.74) is 3.01. The van der Waals surface area contributed by atoms with E-state index in [0.717, 1.165) is 58.1 Å². The number of piperidine rings is 1. The van der Waals surface area contributed by atoms with Gasteiger partial charge < -0.3 is 10.2 Å². The van der Waals surface area contributed by atoms with Crippen LogP contribution in [-0.2, 0) is 0 Å². The number of aryl methyl sites for hydroxylation is 1. The van der Waals surface area contributed by atoms with Crippen molar-refractivity contribution in [3.63, 3.8) is 0 Å². The van der Waals surface area contributed by atoms with Crippen LogP contribution in [0.1, 0.15) is 18.5 Å². The van der Waals surface area contributed by atoms with Crippen LogP contribution in [0, 0.1) is 6.92 Å². The standard InChI is InChI=1S/C18H19N7S2/c1-12-11-26-16(20-12)21-14-4-7-24(8-5-14)18-23-25-10-15(22-17(25)27-18)13-3-2-6-19-9-13/h2-3,6,9-11,14H,4-5,7-8H2,1H3,(H,20,21). The van der Waals surface area contributed by atoms with E-state index in [-0.39, 0.29) is 0 Å². The molecule has 0 aliphatic carbocycles. The molecule has 5 heterocycles. The summed E-state index contributed by atoms with van der Waals surface area (Å²) in [6, 6.07) is 4.42. The van der Waals surface area contributed by atoms with E-state index in [4.69, 9.17) is 10.1 Å². The van der Waals surface area contributed by atoms with Crippen LogP contribution in [0.4, 0.5) is 10.3 Å². The number of thiazole rings is 1. The van der Waals surface area contributed by atoms with Gasteiger partial charge in [0.25, 0.3) is 0 Å². The van der Waals surface area contributed by atoms with E-state index in [2.05, 4.69) is 25.6 Å². The molecule has 138 valence electrons. The summed E-state index contributed by atoms with van der Waals surface area (Å²) in [6.45, 7) is 4.02. The van der Waals surface area contributed by atoms with Gasteiger partial charge in [-0.25, -0.2) is 14.5 Å². The molecular weight excluding hydrogens is 378 g/mol. The molecule has 1 aliphatic rings. The Kier molecular flexibility index (Phi) is 4.25. The van der Waals surface area contributed by atoms with Gasteiger partial charge in [-0.3, -0.25) is 4.98 Å². The highest BCUT2D eigenvalue weighted by Crippen LogP contribution is 2.29. The summed E-state index contributed by atoms with van der Waals surface area (Å²) in [6.07, 6.45) is 7.75. The minimum absolute atomic E-state index is 0.480. The lowest BCUT2D eigenvalue weighted by molar-refractivity contribution is 0.524. The van der Waals surface area contributed by atoms with E-state index in [1.807, 2.05) is 36.0 Å². The van der Waals surface area contributed by atoms with Crippen molar-refractivity contribution in [2.45, 2.75) is 25.8 Å². The van der Waals surface area contributed by atoms with Crippen molar-refractivity contribution in [1.82, 2.24) is 24.6 Å². The summed E-state index contributed by atoms with van der Waals surface area (Å²) in [5, 5.41) is 12.5. The number of hydrogen-bond acceptors (Lipinski definition) is 8. The summed E-state index contributed by atoms with van der Waals surface area (Å²) >= 11 is 3.33. The monoisotopic (exact) mass is 397 g/mol. The first-order valence-electron chi connectivity index (χ1n) is 8.95. The molecule has 9 heteroatoms. The zero-order valence-corrected chi connectivity index (χ0v) is 16.5. The van der Waals surface area contributed by atoms with E-state index in [0.29, 0.717) is 6.04 Å². The van der Waals surface area contributed by atoms with Gasteiger partial charge in [0.15, 0.2) is 5.13 Å². The highest BCUT2D eigenvalue weighted by atomic mass is 32.1. The van der Waals surface area contributed by atoms with Gasteiger partial charge in [-0.1, -0.05) is 11.3 Å². The van der Waals surface area contributed by atoms with Crippen molar-refractivity contribution in [1.29, 1.82) is 0 Å². The minimum Gasteiger partial charge on any atom is -0.359 e. The molecule has 0 atom stereocenters. The van der Waals surface area contributed by atoms with Crippen molar-refractivity contribution in [3.8, 4) is 11.3 Å². The smallest absolute Gasteiger partial charge is 0.214 e. The predicted molar refractivity (Wildman–Crippen MR) is 110 cm³/mol. The Morgan fingerprint density at radius 2 is 2.11 bits per heavy atom. The third-order valence-electron chi connectivity index (χ3n) is 4.70. The maximum Gasteiger partial charge on any atom is 0.214 e. The number of pyridine rings is 1. The van der Waals surface area contributed by atoms with Crippen LogP contribution in [0.5, 0.6) is 0 Å². The van der Waals surface area contributed by atoms with E-state index in [1.54, 1.807) is 28.9 Å². The molecule has 1 aliphatic heterocycles. The number of nitrogens with zero attached hydrogens (tertiary/aromatic N) is 6. The second kappa shape index (κ2) is 6.90. The Balaban J connectivity index is 1.26. The Morgan fingerprint density at radius 1 is 1.22 bits per heavy atom. The van der Waals surface area contributed by atoms with Gasteiger partial charge in [0, 0.05) is 42.5 Å². The van der Waals surface area contributed by atoms with Gasteiger partial charge in [0.1, 0.15) is 0 Å². The van der Waals surface area contributed by atoms with Crippen molar-refractivity contribution in [3.05, 3.63) is 41.8 Å². The van der Waals surface area contributed by atoms with Crippen LogP contribution in [-0.4, -0.2) is 43.7 Å². The first-order valence-corrected chi connectivity index (χ1v) is 10.6. The van der Waals surface area contributed by atoms with Gasteiger partial charge in [-0.2, -0.15) is 0 Å². The lowest BCUT2D eigenvalue weighted by atomic mass is 10.1. The van der Waals surface area contributed by atoms with Gasteiger partial charge >= 0.3 is 0 Å². The number of imidazole rings is 1. The van der Waals surface area contributed by atoms with E-state index < -0.39 is 0 Å². The summed E-state index contributed by atoms with van der Waals surface area (Å²) < 4.78 is 1.88. The predicted octanol–water partition coefficient (Wildman–Crippen LogP) is 3.70. The second-order valence-electron chi connectivity index (χ2n) is 6.68. The van der Waals surface area contributed by atoms with Crippen LogP contribution in [0.2, 0.25) is 0 Å². The molecule has 1 saturated heterocycles. The van der Waals surface area contributed by atoms with Gasteiger partial charge in [0.2, 0.25) is 10.1 Å². The third kappa shape index (κ3) is 3.40. The number of hydrogen-bond donors (Lipinski definition) is 1. The molecule has 0 radical (unpaired) electrons. The summed E-state index contributed by atoms with van der Waals surface area (Å²) in [7, 11) is 0. The van der Waals surface area contributed by atoms with Gasteiger partial charge in [-0.15, -0.1) is 16.4 Å². The Bertz CT molecular complexity index is 1010. The number of nitrogens with one attached hydrogen (secondary N) is 1. The van der Waals surface area contributed by atoms with Crippen LogP contribution >= 0.6 is 22.7 Å². The third-order valence-corrected chi connectivity index (χ3v) is 6.58. The topological polar surface area (TPSA) is 71.2 Å². The average Bonchev–Trinajstić information content (AvgIpc) is 3.38. The largest absolute Gasteiger partial charge is 0.359 e. The molecule has 7 nitrogen and oxygen atoms in total.